The first-order valence-corrected chi connectivity index (χ1v) is 5.63. The third-order valence-corrected chi connectivity index (χ3v) is 2.97. The molecule has 1 aliphatic rings. The molecule has 0 aromatic carbocycles. The summed E-state index contributed by atoms with van der Waals surface area (Å²) < 4.78 is 4.99. The molecule has 0 heterocycles. The normalized spacial score (nSPS) is 18.5. The Kier molecular flexibility index (Phi) is 4.77. The Hall–Kier alpha value is -1.76. The molecular formula is C13H16O4. The topological polar surface area (TPSA) is 63.6 Å². The lowest BCUT2D eigenvalue weighted by molar-refractivity contribution is -0.141. The quantitative estimate of drug-likeness (QED) is 0.459. The number of carboxylic acid groups (broad SMARTS) is 1. The van der Waals surface area contributed by atoms with Crippen molar-refractivity contribution < 1.29 is 19.4 Å². The number of rotatable bonds is 4. The van der Waals surface area contributed by atoms with E-state index in [1.165, 1.54) is 0 Å². The fourth-order valence-corrected chi connectivity index (χ4v) is 1.96. The molecular weight excluding hydrogens is 220 g/mol. The van der Waals surface area contributed by atoms with Crippen LogP contribution >= 0.6 is 0 Å². The van der Waals surface area contributed by atoms with Crippen LogP contribution in [0.15, 0.2) is 12.2 Å². The average Bonchev–Trinajstić information content (AvgIpc) is 2.35. The van der Waals surface area contributed by atoms with Gasteiger partial charge in [-0.25, -0.2) is 9.59 Å². The van der Waals surface area contributed by atoms with Crippen molar-refractivity contribution in [3.63, 3.8) is 0 Å². The number of esters is 1. The van der Waals surface area contributed by atoms with Crippen molar-refractivity contribution in [2.75, 3.05) is 6.61 Å². The van der Waals surface area contributed by atoms with E-state index in [0.717, 1.165) is 44.3 Å². The number of hydrogen-bond acceptors (Lipinski definition) is 3. The van der Waals surface area contributed by atoms with Gasteiger partial charge in [0.1, 0.15) is 6.61 Å². The first kappa shape index (κ1) is 13.3. The lowest BCUT2D eigenvalue weighted by Crippen LogP contribution is -2.29. The van der Waals surface area contributed by atoms with Crippen LogP contribution in [0.1, 0.15) is 32.1 Å². The van der Waals surface area contributed by atoms with Crippen molar-refractivity contribution in [3.8, 4) is 12.3 Å². The second kappa shape index (κ2) is 6.09. The van der Waals surface area contributed by atoms with Gasteiger partial charge in [-0.05, 0) is 12.8 Å². The van der Waals surface area contributed by atoms with Crippen LogP contribution in [-0.2, 0) is 14.3 Å². The zero-order valence-corrected chi connectivity index (χ0v) is 9.65. The van der Waals surface area contributed by atoms with Crippen LogP contribution in [0.5, 0.6) is 0 Å². The standard InChI is InChI=1S/C13H16O4/c1-2-13(8-4-3-5-9-13)10-17-12(16)7-6-11(14)15/h1,6-7H,3-5,8-10H2,(H,14,15)/b7-6-. The minimum absolute atomic E-state index is 0.173. The Bertz CT molecular complexity index is 356. The van der Waals surface area contributed by atoms with Gasteiger partial charge in [-0.3, -0.25) is 0 Å². The van der Waals surface area contributed by atoms with Crippen LogP contribution in [-0.4, -0.2) is 23.7 Å². The number of terminal acetylenes is 1. The SMILES string of the molecule is C#CC1(COC(=O)/C=C\C(=O)O)CCCCC1. The maximum absolute atomic E-state index is 11.2. The molecule has 0 amide bonds. The maximum Gasteiger partial charge on any atom is 0.331 e. The fraction of sp³-hybridized carbons (Fsp3) is 0.538. The van der Waals surface area contributed by atoms with Gasteiger partial charge in [-0.1, -0.05) is 25.2 Å². The van der Waals surface area contributed by atoms with Gasteiger partial charge in [-0.15, -0.1) is 6.42 Å². The molecule has 1 saturated carbocycles. The molecule has 4 nitrogen and oxygen atoms in total. The van der Waals surface area contributed by atoms with Gasteiger partial charge in [0.15, 0.2) is 0 Å². The molecule has 0 unspecified atom stereocenters. The van der Waals surface area contributed by atoms with Gasteiger partial charge in [0.05, 0.1) is 5.41 Å². The Morgan fingerprint density at radius 3 is 2.47 bits per heavy atom. The molecule has 0 radical (unpaired) electrons. The number of ether oxygens (including phenoxy) is 1. The lowest BCUT2D eigenvalue weighted by Gasteiger charge is -2.31. The summed E-state index contributed by atoms with van der Waals surface area (Å²) >= 11 is 0. The molecule has 1 aliphatic carbocycles. The van der Waals surface area contributed by atoms with E-state index < -0.39 is 11.9 Å². The first-order valence-electron chi connectivity index (χ1n) is 5.63. The smallest absolute Gasteiger partial charge is 0.331 e. The molecule has 0 aliphatic heterocycles. The Morgan fingerprint density at radius 1 is 1.29 bits per heavy atom. The van der Waals surface area contributed by atoms with E-state index in [4.69, 9.17) is 16.3 Å². The lowest BCUT2D eigenvalue weighted by atomic mass is 9.75. The summed E-state index contributed by atoms with van der Waals surface area (Å²) in [4.78, 5) is 21.4. The van der Waals surface area contributed by atoms with E-state index in [0.29, 0.717) is 0 Å². The molecule has 0 saturated heterocycles. The predicted molar refractivity (Wildman–Crippen MR) is 62.1 cm³/mol. The molecule has 0 spiro atoms. The summed E-state index contributed by atoms with van der Waals surface area (Å²) in [6, 6.07) is 0. The van der Waals surface area contributed by atoms with Crippen molar-refractivity contribution in [3.05, 3.63) is 12.2 Å². The number of carbonyl (C=O) groups is 2. The minimum Gasteiger partial charge on any atom is -0.478 e. The van der Waals surface area contributed by atoms with Gasteiger partial charge in [0.2, 0.25) is 0 Å². The Morgan fingerprint density at radius 2 is 1.94 bits per heavy atom. The van der Waals surface area contributed by atoms with E-state index in [1.807, 2.05) is 0 Å². The molecule has 1 rings (SSSR count). The van der Waals surface area contributed by atoms with E-state index in [-0.39, 0.29) is 12.0 Å². The van der Waals surface area contributed by atoms with Crippen molar-refractivity contribution in [1.82, 2.24) is 0 Å². The minimum atomic E-state index is -1.17. The highest BCUT2D eigenvalue weighted by Crippen LogP contribution is 2.35. The molecule has 1 fully saturated rings. The Labute approximate surface area is 101 Å². The highest BCUT2D eigenvalue weighted by atomic mass is 16.5. The second-order valence-corrected chi connectivity index (χ2v) is 4.26. The van der Waals surface area contributed by atoms with Crippen LogP contribution in [0.2, 0.25) is 0 Å². The molecule has 17 heavy (non-hydrogen) atoms. The van der Waals surface area contributed by atoms with Gasteiger partial charge in [0, 0.05) is 12.2 Å². The molecule has 0 bridgehead atoms. The fourth-order valence-electron chi connectivity index (χ4n) is 1.96. The maximum atomic E-state index is 11.2. The number of carbonyl (C=O) groups excluding carboxylic acids is 1. The summed E-state index contributed by atoms with van der Waals surface area (Å²) in [5, 5.41) is 8.35. The van der Waals surface area contributed by atoms with Gasteiger partial charge >= 0.3 is 11.9 Å². The highest BCUT2D eigenvalue weighted by molar-refractivity contribution is 5.90. The largest absolute Gasteiger partial charge is 0.478 e. The summed E-state index contributed by atoms with van der Waals surface area (Å²) in [6.45, 7) is 0.173. The summed E-state index contributed by atoms with van der Waals surface area (Å²) in [7, 11) is 0. The highest BCUT2D eigenvalue weighted by Gasteiger charge is 2.31. The van der Waals surface area contributed by atoms with Gasteiger partial charge in [0.25, 0.3) is 0 Å². The van der Waals surface area contributed by atoms with Crippen LogP contribution < -0.4 is 0 Å². The van der Waals surface area contributed by atoms with Crippen molar-refractivity contribution >= 4 is 11.9 Å². The predicted octanol–water partition coefficient (Wildman–Crippen LogP) is 1.75. The van der Waals surface area contributed by atoms with E-state index in [2.05, 4.69) is 5.92 Å². The van der Waals surface area contributed by atoms with Crippen molar-refractivity contribution in [2.45, 2.75) is 32.1 Å². The second-order valence-electron chi connectivity index (χ2n) is 4.26. The summed E-state index contributed by atoms with van der Waals surface area (Å²) in [5.41, 5.74) is -0.356. The van der Waals surface area contributed by atoms with E-state index >= 15 is 0 Å². The zero-order valence-electron chi connectivity index (χ0n) is 9.65. The van der Waals surface area contributed by atoms with E-state index in [9.17, 15) is 9.59 Å². The first-order chi connectivity index (χ1) is 8.08. The molecule has 1 N–H and O–H groups in total. The Balaban J connectivity index is 2.45. The number of hydrogen-bond donors (Lipinski definition) is 1. The number of carboxylic acids is 1. The molecule has 0 aromatic rings. The van der Waals surface area contributed by atoms with E-state index in [1.54, 1.807) is 0 Å². The van der Waals surface area contributed by atoms with Crippen LogP contribution in [0.25, 0.3) is 0 Å². The van der Waals surface area contributed by atoms with Gasteiger partial charge in [-0.2, -0.15) is 0 Å². The molecule has 0 atom stereocenters. The molecule has 92 valence electrons. The molecule has 4 heteroatoms. The van der Waals surface area contributed by atoms with Gasteiger partial charge < -0.3 is 9.84 Å². The zero-order chi connectivity index (χ0) is 12.7. The average molecular weight is 236 g/mol. The number of aliphatic carboxylic acids is 1. The summed E-state index contributed by atoms with van der Waals surface area (Å²) in [6.07, 6.45) is 12.1. The third kappa shape index (κ3) is 4.31. The van der Waals surface area contributed by atoms with Crippen molar-refractivity contribution in [1.29, 1.82) is 0 Å². The van der Waals surface area contributed by atoms with Crippen LogP contribution in [0.3, 0.4) is 0 Å². The third-order valence-electron chi connectivity index (χ3n) is 2.97. The van der Waals surface area contributed by atoms with Crippen molar-refractivity contribution in [2.24, 2.45) is 5.41 Å². The molecule has 0 aromatic heterocycles. The van der Waals surface area contributed by atoms with Crippen LogP contribution in [0, 0.1) is 17.8 Å². The summed E-state index contributed by atoms with van der Waals surface area (Å²) in [5.74, 6) is 0.886. The monoisotopic (exact) mass is 236 g/mol. The van der Waals surface area contributed by atoms with Crippen LogP contribution in [0.4, 0.5) is 0 Å².